The number of hydrogen-bond donors (Lipinski definition) is 1. The van der Waals surface area contributed by atoms with E-state index in [9.17, 15) is 4.79 Å². The van der Waals surface area contributed by atoms with Gasteiger partial charge in [0.1, 0.15) is 10.5 Å². The Morgan fingerprint density at radius 2 is 2.56 bits per heavy atom. The smallest absolute Gasteiger partial charge is 0.268 e. The van der Waals surface area contributed by atoms with Crippen molar-refractivity contribution in [2.75, 3.05) is 19.7 Å². The quantitative estimate of drug-likeness (QED) is 0.886. The van der Waals surface area contributed by atoms with Crippen LogP contribution in [0.15, 0.2) is 16.2 Å². The second-order valence-electron chi connectivity index (χ2n) is 4.56. The molecule has 1 aliphatic heterocycles. The van der Waals surface area contributed by atoms with Crippen molar-refractivity contribution in [1.82, 2.24) is 14.9 Å². The second-order valence-corrected chi connectivity index (χ2v) is 5.48. The molecule has 1 atom stereocenters. The lowest BCUT2D eigenvalue weighted by atomic mass is 10.3. The number of nitrogens with zero attached hydrogens (tertiary/aromatic N) is 2. The van der Waals surface area contributed by atoms with Gasteiger partial charge in [0.25, 0.3) is 5.56 Å². The Hall–Kier alpha value is -1.24. The Labute approximate surface area is 108 Å². The molecule has 0 aliphatic carbocycles. The summed E-state index contributed by atoms with van der Waals surface area (Å²) in [7, 11) is 0. The van der Waals surface area contributed by atoms with Crippen LogP contribution in [0.5, 0.6) is 0 Å². The summed E-state index contributed by atoms with van der Waals surface area (Å²) in [5.74, 6) is 0.736. The van der Waals surface area contributed by atoms with Crippen LogP contribution in [0.2, 0.25) is 0 Å². The molecule has 6 heteroatoms. The Balaban J connectivity index is 1.83. The van der Waals surface area contributed by atoms with Crippen LogP contribution in [0.25, 0.3) is 10.2 Å². The number of H-pyrrole nitrogens is 1. The summed E-state index contributed by atoms with van der Waals surface area (Å²) in [6, 6.07) is 1.89. The number of thiophene rings is 1. The van der Waals surface area contributed by atoms with Gasteiger partial charge in [-0.1, -0.05) is 0 Å². The van der Waals surface area contributed by atoms with Crippen LogP contribution in [0.4, 0.5) is 0 Å². The van der Waals surface area contributed by atoms with Crippen LogP contribution in [0.1, 0.15) is 12.7 Å². The van der Waals surface area contributed by atoms with E-state index in [1.54, 1.807) is 0 Å². The summed E-state index contributed by atoms with van der Waals surface area (Å²) in [4.78, 5) is 21.4. The molecule has 0 unspecified atom stereocenters. The van der Waals surface area contributed by atoms with Gasteiger partial charge in [-0.25, -0.2) is 4.98 Å². The molecule has 1 aliphatic rings. The molecule has 0 amide bonds. The lowest BCUT2D eigenvalue weighted by Crippen LogP contribution is -2.41. The van der Waals surface area contributed by atoms with Crippen LogP contribution in [0, 0.1) is 0 Å². The van der Waals surface area contributed by atoms with E-state index in [1.807, 2.05) is 11.4 Å². The number of hydrogen-bond acceptors (Lipinski definition) is 5. The van der Waals surface area contributed by atoms with E-state index >= 15 is 0 Å². The minimum Gasteiger partial charge on any atom is -0.376 e. The summed E-state index contributed by atoms with van der Waals surface area (Å²) >= 11 is 1.43. The topological polar surface area (TPSA) is 58.2 Å². The molecule has 0 aromatic carbocycles. The Morgan fingerprint density at radius 3 is 3.39 bits per heavy atom. The number of rotatable bonds is 2. The lowest BCUT2D eigenvalue weighted by molar-refractivity contribution is -0.0219. The van der Waals surface area contributed by atoms with Crippen molar-refractivity contribution in [1.29, 1.82) is 0 Å². The number of aromatic amines is 1. The van der Waals surface area contributed by atoms with Gasteiger partial charge in [0.15, 0.2) is 0 Å². The molecule has 0 spiro atoms. The van der Waals surface area contributed by atoms with Crippen molar-refractivity contribution in [3.63, 3.8) is 0 Å². The fraction of sp³-hybridized carbons (Fsp3) is 0.500. The molecule has 2 aromatic heterocycles. The maximum absolute atomic E-state index is 11.8. The molecule has 0 radical (unpaired) electrons. The number of aromatic nitrogens is 2. The van der Waals surface area contributed by atoms with Gasteiger partial charge in [0.05, 0.1) is 24.8 Å². The van der Waals surface area contributed by atoms with Gasteiger partial charge in [-0.05, 0) is 18.4 Å². The van der Waals surface area contributed by atoms with Crippen molar-refractivity contribution in [3.05, 3.63) is 27.6 Å². The number of fused-ring (bicyclic) bond motifs is 1. The monoisotopic (exact) mass is 265 g/mol. The zero-order valence-corrected chi connectivity index (χ0v) is 11.0. The third kappa shape index (κ3) is 2.31. The Kier molecular flexibility index (Phi) is 3.15. The van der Waals surface area contributed by atoms with E-state index in [1.165, 1.54) is 11.3 Å². The highest BCUT2D eigenvalue weighted by molar-refractivity contribution is 7.17. The summed E-state index contributed by atoms with van der Waals surface area (Å²) < 4.78 is 6.20. The van der Waals surface area contributed by atoms with Gasteiger partial charge in [0, 0.05) is 13.1 Å². The normalized spacial score (nSPS) is 21.5. The zero-order valence-electron chi connectivity index (χ0n) is 10.2. The zero-order chi connectivity index (χ0) is 12.5. The maximum atomic E-state index is 11.8. The van der Waals surface area contributed by atoms with E-state index < -0.39 is 0 Å². The molecular formula is C12H15N3O2S. The van der Waals surface area contributed by atoms with Crippen molar-refractivity contribution in [2.24, 2.45) is 0 Å². The largest absolute Gasteiger partial charge is 0.376 e. The summed E-state index contributed by atoms with van der Waals surface area (Å²) in [6.45, 7) is 5.24. The summed E-state index contributed by atoms with van der Waals surface area (Å²) in [5, 5.41) is 1.90. The van der Waals surface area contributed by atoms with E-state index in [0.29, 0.717) is 11.2 Å². The first-order valence-corrected chi connectivity index (χ1v) is 6.91. The van der Waals surface area contributed by atoms with Gasteiger partial charge >= 0.3 is 0 Å². The lowest BCUT2D eigenvalue weighted by Gasteiger charge is -2.30. The van der Waals surface area contributed by atoms with Gasteiger partial charge < -0.3 is 9.72 Å². The SMILES string of the molecule is C[C@@H]1CN(Cc2nc3ccsc3c(=O)[nH]2)CCO1. The first-order valence-electron chi connectivity index (χ1n) is 6.03. The van der Waals surface area contributed by atoms with Crippen LogP contribution in [-0.4, -0.2) is 40.7 Å². The van der Waals surface area contributed by atoms with Crippen molar-refractivity contribution in [2.45, 2.75) is 19.6 Å². The maximum Gasteiger partial charge on any atom is 0.268 e. The molecule has 1 N–H and O–H groups in total. The predicted molar refractivity (Wildman–Crippen MR) is 70.9 cm³/mol. The highest BCUT2D eigenvalue weighted by atomic mass is 32.1. The molecule has 96 valence electrons. The highest BCUT2D eigenvalue weighted by Crippen LogP contribution is 2.14. The van der Waals surface area contributed by atoms with Crippen molar-refractivity contribution >= 4 is 21.6 Å². The third-order valence-electron chi connectivity index (χ3n) is 3.06. The number of ether oxygens (including phenoxy) is 1. The first kappa shape index (κ1) is 11.8. The van der Waals surface area contributed by atoms with Crippen molar-refractivity contribution < 1.29 is 4.74 Å². The second kappa shape index (κ2) is 4.79. The van der Waals surface area contributed by atoms with Crippen LogP contribution in [-0.2, 0) is 11.3 Å². The van der Waals surface area contributed by atoms with E-state index in [0.717, 1.165) is 31.0 Å². The minimum atomic E-state index is -0.0358. The minimum absolute atomic E-state index is 0.0358. The van der Waals surface area contributed by atoms with Crippen LogP contribution in [0.3, 0.4) is 0 Å². The molecule has 0 saturated carbocycles. The van der Waals surface area contributed by atoms with Crippen molar-refractivity contribution in [3.8, 4) is 0 Å². The van der Waals surface area contributed by atoms with Gasteiger partial charge in [-0.3, -0.25) is 9.69 Å². The molecule has 2 aromatic rings. The average Bonchev–Trinajstić information content (AvgIpc) is 2.77. The average molecular weight is 265 g/mol. The van der Waals surface area contributed by atoms with E-state index in [2.05, 4.69) is 21.8 Å². The molecule has 5 nitrogen and oxygen atoms in total. The molecule has 18 heavy (non-hydrogen) atoms. The molecular weight excluding hydrogens is 250 g/mol. The van der Waals surface area contributed by atoms with E-state index in [-0.39, 0.29) is 11.7 Å². The molecule has 0 bridgehead atoms. The summed E-state index contributed by atoms with van der Waals surface area (Å²) in [6.07, 6.45) is 0.246. The van der Waals surface area contributed by atoms with Crippen LogP contribution < -0.4 is 5.56 Å². The third-order valence-corrected chi connectivity index (χ3v) is 3.96. The number of nitrogens with one attached hydrogen (secondary N) is 1. The molecule has 1 fully saturated rings. The Morgan fingerprint density at radius 1 is 1.67 bits per heavy atom. The standard InChI is InChI=1S/C12H15N3O2S/c1-8-6-15(3-4-17-8)7-10-13-9-2-5-18-11(9)12(16)14-10/h2,5,8H,3-4,6-7H2,1H3,(H,13,14,16)/t8-/m1/s1. The fourth-order valence-corrected chi connectivity index (χ4v) is 2.97. The molecule has 1 saturated heterocycles. The fourth-order valence-electron chi connectivity index (χ4n) is 2.24. The first-order chi connectivity index (χ1) is 8.72. The van der Waals surface area contributed by atoms with Gasteiger partial charge in [0.2, 0.25) is 0 Å². The van der Waals surface area contributed by atoms with Crippen LogP contribution >= 0.6 is 11.3 Å². The van der Waals surface area contributed by atoms with Gasteiger partial charge in [-0.2, -0.15) is 0 Å². The Bertz CT molecular complexity index is 607. The molecule has 3 heterocycles. The summed E-state index contributed by atoms with van der Waals surface area (Å²) in [5.41, 5.74) is 0.756. The van der Waals surface area contributed by atoms with Gasteiger partial charge in [-0.15, -0.1) is 11.3 Å². The predicted octanol–water partition coefficient (Wildman–Crippen LogP) is 1.21. The molecule has 3 rings (SSSR count). The highest BCUT2D eigenvalue weighted by Gasteiger charge is 2.17. The van der Waals surface area contributed by atoms with E-state index in [4.69, 9.17) is 4.74 Å². The number of morpholine rings is 1.